The summed E-state index contributed by atoms with van der Waals surface area (Å²) in [7, 11) is 0. The predicted molar refractivity (Wildman–Crippen MR) is 101 cm³/mol. The molecule has 2 aromatic carbocycles. The molecule has 0 unspecified atom stereocenters. The fourth-order valence-corrected chi connectivity index (χ4v) is 4.32. The number of fused-ring (bicyclic) bond motifs is 2. The highest BCUT2D eigenvalue weighted by atomic mass is 16.5. The second kappa shape index (κ2) is 6.71. The molecule has 0 amide bonds. The topological polar surface area (TPSA) is 60.4 Å². The average Bonchev–Trinajstić information content (AvgIpc) is 3.23. The van der Waals surface area contributed by atoms with Gasteiger partial charge < -0.3 is 4.74 Å². The Morgan fingerprint density at radius 2 is 1.44 bits per heavy atom. The molecule has 27 heavy (non-hydrogen) atoms. The second-order valence-electron chi connectivity index (χ2n) is 7.24. The van der Waals surface area contributed by atoms with Gasteiger partial charge in [0, 0.05) is 17.5 Å². The molecular formula is C23H20O4. The third-order valence-corrected chi connectivity index (χ3v) is 5.39. The lowest BCUT2D eigenvalue weighted by atomic mass is 9.68. The Bertz CT molecular complexity index is 916. The molecule has 1 saturated heterocycles. The number of carbonyl (C=O) groups is 3. The summed E-state index contributed by atoms with van der Waals surface area (Å²) in [6.45, 7) is 1.48. The van der Waals surface area contributed by atoms with E-state index < -0.39 is 23.5 Å². The summed E-state index contributed by atoms with van der Waals surface area (Å²) in [5.41, 5.74) is 0.0372. The van der Waals surface area contributed by atoms with Crippen LogP contribution in [0.1, 0.15) is 34.1 Å². The van der Waals surface area contributed by atoms with Crippen LogP contribution >= 0.6 is 0 Å². The molecule has 2 aliphatic rings. The van der Waals surface area contributed by atoms with Crippen molar-refractivity contribution in [1.82, 2.24) is 0 Å². The third-order valence-electron chi connectivity index (χ3n) is 5.39. The smallest absolute Gasteiger partial charge is 0.170 e. The van der Waals surface area contributed by atoms with E-state index in [4.69, 9.17) is 4.74 Å². The molecule has 4 atom stereocenters. The van der Waals surface area contributed by atoms with Crippen molar-refractivity contribution < 1.29 is 19.1 Å². The molecule has 0 saturated carbocycles. The minimum absolute atomic E-state index is 0.0704. The van der Waals surface area contributed by atoms with Crippen LogP contribution < -0.4 is 0 Å². The summed E-state index contributed by atoms with van der Waals surface area (Å²) in [5, 5.41) is 0. The standard InChI is InChI=1S/C23H20O4/c1-15(24)14-23-13-12-18(27-23)19(21(25)16-8-4-2-5-9-16)20(23)22(26)17-10-6-3-7-11-17/h2-13,18-20H,14H2,1H3/t18-,19-,20+,23+/m0/s1. The molecule has 4 nitrogen and oxygen atoms in total. The highest BCUT2D eigenvalue weighted by molar-refractivity contribution is 6.07. The van der Waals surface area contributed by atoms with Crippen molar-refractivity contribution in [2.45, 2.75) is 25.0 Å². The van der Waals surface area contributed by atoms with Gasteiger partial charge in [-0.1, -0.05) is 72.8 Å². The van der Waals surface area contributed by atoms with Crippen LogP contribution in [0.2, 0.25) is 0 Å². The van der Waals surface area contributed by atoms with Crippen LogP contribution in [0.4, 0.5) is 0 Å². The zero-order valence-corrected chi connectivity index (χ0v) is 15.0. The van der Waals surface area contributed by atoms with E-state index in [1.807, 2.05) is 18.2 Å². The van der Waals surface area contributed by atoms with E-state index in [1.54, 1.807) is 54.6 Å². The van der Waals surface area contributed by atoms with E-state index in [9.17, 15) is 14.4 Å². The lowest BCUT2D eigenvalue weighted by molar-refractivity contribution is -0.121. The monoisotopic (exact) mass is 360 g/mol. The van der Waals surface area contributed by atoms with Crippen molar-refractivity contribution in [3.63, 3.8) is 0 Å². The fourth-order valence-electron chi connectivity index (χ4n) is 4.32. The van der Waals surface area contributed by atoms with Crippen molar-refractivity contribution in [2.24, 2.45) is 11.8 Å². The SMILES string of the molecule is CC(=O)C[C@@]12C=C[C@H](O1)[C@H](C(=O)c1ccccc1)[C@@H]2C(=O)c1ccccc1. The summed E-state index contributed by atoms with van der Waals surface area (Å²) in [6, 6.07) is 17.9. The van der Waals surface area contributed by atoms with E-state index in [0.29, 0.717) is 11.1 Å². The maximum Gasteiger partial charge on any atom is 0.170 e. The molecule has 0 aromatic heterocycles. The lowest BCUT2D eigenvalue weighted by Crippen LogP contribution is -2.44. The normalized spacial score (nSPS) is 28.3. The maximum absolute atomic E-state index is 13.4. The minimum atomic E-state index is -1.04. The molecule has 0 aliphatic carbocycles. The highest BCUT2D eigenvalue weighted by Crippen LogP contribution is 2.51. The highest BCUT2D eigenvalue weighted by Gasteiger charge is 2.61. The Morgan fingerprint density at radius 1 is 0.889 bits per heavy atom. The van der Waals surface area contributed by atoms with Gasteiger partial charge in [-0.3, -0.25) is 14.4 Å². The van der Waals surface area contributed by atoms with Crippen LogP contribution in [-0.4, -0.2) is 29.1 Å². The first-order valence-electron chi connectivity index (χ1n) is 9.07. The van der Waals surface area contributed by atoms with Crippen LogP contribution in [0.25, 0.3) is 0 Å². The number of hydrogen-bond acceptors (Lipinski definition) is 4. The van der Waals surface area contributed by atoms with Crippen molar-refractivity contribution in [1.29, 1.82) is 0 Å². The molecule has 136 valence electrons. The Labute approximate surface area is 157 Å². The number of ketones is 3. The van der Waals surface area contributed by atoms with Gasteiger partial charge in [0.2, 0.25) is 0 Å². The number of hydrogen-bond donors (Lipinski definition) is 0. The van der Waals surface area contributed by atoms with Crippen LogP contribution in [0.15, 0.2) is 72.8 Å². The maximum atomic E-state index is 13.4. The van der Waals surface area contributed by atoms with E-state index in [1.165, 1.54) is 6.92 Å². The Hall–Kier alpha value is -2.85. The number of benzene rings is 2. The molecule has 0 spiro atoms. The molecule has 4 heteroatoms. The summed E-state index contributed by atoms with van der Waals surface area (Å²) >= 11 is 0. The van der Waals surface area contributed by atoms with Crippen LogP contribution in [-0.2, 0) is 9.53 Å². The first-order chi connectivity index (χ1) is 13.0. The third kappa shape index (κ3) is 2.96. The largest absolute Gasteiger partial charge is 0.362 e. The van der Waals surface area contributed by atoms with Gasteiger partial charge in [0.1, 0.15) is 11.4 Å². The van der Waals surface area contributed by atoms with Crippen molar-refractivity contribution in [3.8, 4) is 0 Å². The van der Waals surface area contributed by atoms with Gasteiger partial charge in [0.05, 0.1) is 17.9 Å². The summed E-state index contributed by atoms with van der Waals surface area (Å²) < 4.78 is 6.11. The van der Waals surface area contributed by atoms with Crippen LogP contribution in [0, 0.1) is 11.8 Å². The quantitative estimate of drug-likeness (QED) is 0.582. The van der Waals surface area contributed by atoms with Crippen molar-refractivity contribution in [2.75, 3.05) is 0 Å². The number of rotatable bonds is 6. The summed E-state index contributed by atoms with van der Waals surface area (Å²) in [5.74, 6) is -1.70. The van der Waals surface area contributed by atoms with Gasteiger partial charge in [-0.25, -0.2) is 0 Å². The summed E-state index contributed by atoms with van der Waals surface area (Å²) in [6.07, 6.45) is 3.22. The van der Waals surface area contributed by atoms with Gasteiger partial charge >= 0.3 is 0 Å². The molecule has 0 N–H and O–H groups in total. The molecule has 1 fully saturated rings. The van der Waals surface area contributed by atoms with Gasteiger partial charge in [-0.15, -0.1) is 0 Å². The first-order valence-corrected chi connectivity index (χ1v) is 9.07. The molecule has 2 aromatic rings. The molecule has 2 heterocycles. The van der Waals surface area contributed by atoms with Gasteiger partial charge in [0.25, 0.3) is 0 Å². The van der Waals surface area contributed by atoms with E-state index >= 15 is 0 Å². The number of carbonyl (C=O) groups excluding carboxylic acids is 3. The second-order valence-corrected chi connectivity index (χ2v) is 7.24. The Morgan fingerprint density at radius 3 is 2.00 bits per heavy atom. The van der Waals surface area contributed by atoms with Crippen LogP contribution in [0.3, 0.4) is 0 Å². The van der Waals surface area contributed by atoms with E-state index in [-0.39, 0.29) is 23.8 Å². The Kier molecular flexibility index (Phi) is 4.36. The fraction of sp³-hybridized carbons (Fsp3) is 0.261. The predicted octanol–water partition coefficient (Wildman–Crippen LogP) is 3.67. The average molecular weight is 360 g/mol. The zero-order chi connectivity index (χ0) is 19.0. The van der Waals surface area contributed by atoms with Crippen molar-refractivity contribution >= 4 is 17.3 Å². The van der Waals surface area contributed by atoms with Crippen molar-refractivity contribution in [3.05, 3.63) is 83.9 Å². The first kappa shape index (κ1) is 17.6. The molecule has 2 bridgehead atoms. The minimum Gasteiger partial charge on any atom is -0.362 e. The molecule has 2 aliphatic heterocycles. The molecular weight excluding hydrogens is 340 g/mol. The molecule has 0 radical (unpaired) electrons. The zero-order valence-electron chi connectivity index (χ0n) is 15.0. The Balaban J connectivity index is 1.78. The number of ether oxygens (including phenoxy) is 1. The van der Waals surface area contributed by atoms with Crippen LogP contribution in [0.5, 0.6) is 0 Å². The number of Topliss-reactive ketones (excluding diaryl/α,β-unsaturated/α-hetero) is 3. The van der Waals surface area contributed by atoms with E-state index in [2.05, 4.69) is 0 Å². The molecule has 4 rings (SSSR count). The van der Waals surface area contributed by atoms with Gasteiger partial charge in [-0.2, -0.15) is 0 Å². The van der Waals surface area contributed by atoms with Gasteiger partial charge in [-0.05, 0) is 6.92 Å². The summed E-state index contributed by atoms with van der Waals surface area (Å²) in [4.78, 5) is 38.6. The van der Waals surface area contributed by atoms with E-state index in [0.717, 1.165) is 0 Å². The lowest BCUT2D eigenvalue weighted by Gasteiger charge is -2.31. The van der Waals surface area contributed by atoms with Gasteiger partial charge in [0.15, 0.2) is 11.6 Å².